The molecule has 0 nitrogen and oxygen atoms in total. The van der Waals surface area contributed by atoms with Crippen LogP contribution in [0.2, 0.25) is 19.6 Å². The first-order valence-corrected chi connectivity index (χ1v) is 16.7. The van der Waals surface area contributed by atoms with E-state index in [0.717, 1.165) is 19.1 Å². The number of rotatable bonds is 1. The van der Waals surface area contributed by atoms with Gasteiger partial charge in [0.2, 0.25) is 0 Å². The third kappa shape index (κ3) is 8.31. The van der Waals surface area contributed by atoms with E-state index in [-0.39, 0.29) is 16.2 Å². The minimum absolute atomic E-state index is 0.0216. The van der Waals surface area contributed by atoms with Gasteiger partial charge in [-0.25, -0.2) is 0 Å². The summed E-state index contributed by atoms with van der Waals surface area (Å²) in [7, 11) is -0.426. The molecule has 0 fully saturated rings. The molecule has 0 aliphatic heterocycles. The van der Waals surface area contributed by atoms with Gasteiger partial charge in [-0.1, -0.05) is 124 Å². The third-order valence-electron chi connectivity index (χ3n) is 5.47. The molecule has 0 bridgehead atoms. The molecule has 0 aromatic heterocycles. The largest absolute Gasteiger partial charge is 0.129 e. The Morgan fingerprint density at radius 1 is 0.706 bits per heavy atom. The number of hydrogen-bond donors (Lipinski definition) is 0. The van der Waals surface area contributed by atoms with Crippen LogP contribution in [0.25, 0.3) is 0 Å². The molecule has 0 heterocycles. The van der Waals surface area contributed by atoms with Crippen LogP contribution in [0.3, 0.4) is 0 Å². The summed E-state index contributed by atoms with van der Waals surface area (Å²) in [4.78, 5) is 0. The molecule has 2 aromatic carbocycles. The van der Waals surface area contributed by atoms with E-state index in [1.165, 1.54) is 22.0 Å². The second kappa shape index (κ2) is 10.3. The van der Waals surface area contributed by atoms with Crippen molar-refractivity contribution in [3.63, 3.8) is 0 Å². The van der Waals surface area contributed by atoms with Gasteiger partial charge < -0.3 is 0 Å². The van der Waals surface area contributed by atoms with E-state index < -0.39 is 8.07 Å². The Morgan fingerprint density at radius 3 is 1.62 bits per heavy atom. The lowest BCUT2D eigenvalue weighted by Gasteiger charge is -2.32. The first kappa shape index (κ1) is 28.2. The molecular formula is C32H43PSi. The van der Waals surface area contributed by atoms with Gasteiger partial charge in [-0.3, -0.25) is 0 Å². The fourth-order valence-corrected chi connectivity index (χ4v) is 5.52. The van der Waals surface area contributed by atoms with E-state index >= 15 is 0 Å². The van der Waals surface area contributed by atoms with Gasteiger partial charge in [0.1, 0.15) is 13.4 Å². The predicted molar refractivity (Wildman–Crippen MR) is 159 cm³/mol. The summed E-state index contributed by atoms with van der Waals surface area (Å²) >= 11 is 0. The van der Waals surface area contributed by atoms with Gasteiger partial charge in [-0.05, 0) is 59.2 Å². The van der Waals surface area contributed by atoms with Crippen molar-refractivity contribution in [2.45, 2.75) is 98.2 Å². The molecule has 0 amide bonds. The van der Waals surface area contributed by atoms with Crippen molar-refractivity contribution in [1.82, 2.24) is 0 Å². The summed E-state index contributed by atoms with van der Waals surface area (Å²) in [5, 5.41) is 2.36. The Bertz CT molecular complexity index is 1130. The molecule has 0 N–H and O–H groups in total. The van der Waals surface area contributed by atoms with Gasteiger partial charge in [0, 0.05) is 10.9 Å². The van der Waals surface area contributed by atoms with Gasteiger partial charge in [-0.15, -0.1) is 5.54 Å². The molecule has 0 saturated heterocycles. The molecule has 2 rings (SSSR count). The second-order valence-corrected chi connectivity index (χ2v) is 19.1. The molecule has 0 atom stereocenters. The Morgan fingerprint density at radius 2 is 1.21 bits per heavy atom. The molecule has 0 radical (unpaired) electrons. The zero-order valence-electron chi connectivity index (χ0n) is 23.5. The SMILES string of the molecule is CC(C)(C)c1cc(C(C)(C)C)c(P=C(C#Cc2ccccc2)C#C[Si](C)(C)C)c(C(C)(C)C)c1. The van der Waals surface area contributed by atoms with E-state index in [1.54, 1.807) is 0 Å². The molecule has 0 saturated carbocycles. The lowest BCUT2D eigenvalue weighted by Crippen LogP contribution is -2.30. The second-order valence-electron chi connectivity index (χ2n) is 13.2. The van der Waals surface area contributed by atoms with Crippen molar-refractivity contribution in [3.05, 3.63) is 64.7 Å². The minimum atomic E-state index is -1.53. The first-order valence-electron chi connectivity index (χ1n) is 12.3. The van der Waals surface area contributed by atoms with Gasteiger partial charge in [0.25, 0.3) is 0 Å². The summed E-state index contributed by atoms with van der Waals surface area (Å²) in [6.07, 6.45) is 0. The van der Waals surface area contributed by atoms with E-state index in [0.29, 0.717) is 0 Å². The summed E-state index contributed by atoms with van der Waals surface area (Å²) in [6, 6.07) is 15.1. The van der Waals surface area contributed by atoms with Crippen LogP contribution in [-0.4, -0.2) is 13.4 Å². The molecule has 0 aliphatic rings. The fraction of sp³-hybridized carbons (Fsp3) is 0.469. The highest BCUT2D eigenvalue weighted by Crippen LogP contribution is 2.35. The van der Waals surface area contributed by atoms with Crippen LogP contribution < -0.4 is 5.30 Å². The maximum absolute atomic E-state index is 3.57. The quantitative estimate of drug-likeness (QED) is 0.216. The van der Waals surface area contributed by atoms with Crippen molar-refractivity contribution in [1.29, 1.82) is 0 Å². The smallest absolute Gasteiger partial charge is 0.126 e. The van der Waals surface area contributed by atoms with Crippen LogP contribution in [0, 0.1) is 23.3 Å². The summed E-state index contributed by atoms with van der Waals surface area (Å²) in [5.41, 5.74) is 8.94. The van der Waals surface area contributed by atoms with Gasteiger partial charge >= 0.3 is 0 Å². The van der Waals surface area contributed by atoms with E-state index in [2.05, 4.69) is 130 Å². The molecule has 34 heavy (non-hydrogen) atoms. The summed E-state index contributed by atoms with van der Waals surface area (Å²) in [6.45, 7) is 27.7. The molecule has 2 aromatic rings. The van der Waals surface area contributed by atoms with Crippen LogP contribution in [0.5, 0.6) is 0 Å². The van der Waals surface area contributed by atoms with E-state index in [9.17, 15) is 0 Å². The van der Waals surface area contributed by atoms with Crippen molar-refractivity contribution < 1.29 is 0 Å². The number of benzene rings is 2. The Balaban J connectivity index is 2.92. The predicted octanol–water partition coefficient (Wildman–Crippen LogP) is 8.26. The Kier molecular flexibility index (Phi) is 8.53. The van der Waals surface area contributed by atoms with Crippen molar-refractivity contribution in [2.24, 2.45) is 0 Å². The normalized spacial score (nSPS) is 13.0. The lowest BCUT2D eigenvalue weighted by atomic mass is 9.75. The fourth-order valence-electron chi connectivity index (χ4n) is 3.43. The van der Waals surface area contributed by atoms with E-state index in [1.807, 2.05) is 18.2 Å². The molecule has 0 aliphatic carbocycles. The molecular weight excluding hydrogens is 443 g/mol. The van der Waals surface area contributed by atoms with Gasteiger partial charge in [-0.2, -0.15) is 0 Å². The zero-order chi connectivity index (χ0) is 25.9. The van der Waals surface area contributed by atoms with Crippen molar-refractivity contribution >= 4 is 26.9 Å². The topological polar surface area (TPSA) is 0 Å². The highest BCUT2D eigenvalue weighted by molar-refractivity contribution is 7.50. The summed E-state index contributed by atoms with van der Waals surface area (Å²) < 4.78 is 0. The Hall–Kier alpha value is -2.05. The van der Waals surface area contributed by atoms with Crippen LogP contribution in [0.1, 0.15) is 84.6 Å². The molecule has 0 unspecified atom stereocenters. The molecule has 2 heteroatoms. The highest BCUT2D eigenvalue weighted by Gasteiger charge is 2.28. The van der Waals surface area contributed by atoms with Crippen LogP contribution >= 0.6 is 8.20 Å². The maximum Gasteiger partial charge on any atom is 0.129 e. The highest BCUT2D eigenvalue weighted by atomic mass is 31.1. The number of hydrogen-bond acceptors (Lipinski definition) is 0. The standard InChI is InChI=1S/C32H43PSi/c1-30(2,3)25-22-27(31(4,5)6)29(28(23-25)32(7,8)9)33-26(20-21-34(10,11)12)19-18-24-16-14-13-15-17-24/h13-17,22-23H,1-12H3. The van der Waals surface area contributed by atoms with Crippen LogP contribution in [0.15, 0.2) is 42.5 Å². The molecule has 0 spiro atoms. The summed E-state index contributed by atoms with van der Waals surface area (Å²) in [5.74, 6) is 10.4. The van der Waals surface area contributed by atoms with Crippen LogP contribution in [0.4, 0.5) is 0 Å². The average Bonchev–Trinajstić information content (AvgIpc) is 2.67. The average molecular weight is 487 g/mol. The first-order chi connectivity index (χ1) is 15.4. The van der Waals surface area contributed by atoms with Gasteiger partial charge in [0.15, 0.2) is 0 Å². The van der Waals surface area contributed by atoms with Crippen molar-refractivity contribution in [3.8, 4) is 23.3 Å². The molecule has 180 valence electrons. The van der Waals surface area contributed by atoms with Gasteiger partial charge in [0.05, 0.1) is 0 Å². The zero-order valence-corrected chi connectivity index (χ0v) is 25.4. The third-order valence-corrected chi connectivity index (χ3v) is 7.50. The van der Waals surface area contributed by atoms with Crippen LogP contribution in [-0.2, 0) is 16.2 Å². The van der Waals surface area contributed by atoms with E-state index in [4.69, 9.17) is 0 Å². The maximum atomic E-state index is 3.57. The lowest BCUT2D eigenvalue weighted by molar-refractivity contribution is 0.554. The monoisotopic (exact) mass is 486 g/mol. The minimum Gasteiger partial charge on any atom is -0.126 e. The van der Waals surface area contributed by atoms with Crippen molar-refractivity contribution in [2.75, 3.05) is 0 Å². The Labute approximate surface area is 212 Å².